The zero-order valence-electron chi connectivity index (χ0n) is 17.5. The lowest BCUT2D eigenvalue weighted by Crippen LogP contribution is -2.39. The number of rotatable bonds is 7. The van der Waals surface area contributed by atoms with E-state index in [1.165, 1.54) is 18.4 Å². The topological polar surface area (TPSA) is 106 Å². The van der Waals surface area contributed by atoms with E-state index in [0.717, 1.165) is 38.2 Å². The van der Waals surface area contributed by atoms with Crippen molar-refractivity contribution in [3.8, 4) is 6.01 Å². The van der Waals surface area contributed by atoms with Gasteiger partial charge in [0.2, 0.25) is 5.91 Å². The third kappa shape index (κ3) is 4.57. The number of amides is 1. The molecular formula is C22H28N6O3. The number of ether oxygens (including phenoxy) is 2. The summed E-state index contributed by atoms with van der Waals surface area (Å²) in [5.41, 5.74) is 8.97. The molecule has 1 amide bonds. The predicted octanol–water partition coefficient (Wildman–Crippen LogP) is 1.78. The van der Waals surface area contributed by atoms with E-state index in [0.29, 0.717) is 24.7 Å². The molecule has 0 radical (unpaired) electrons. The Labute approximate surface area is 181 Å². The van der Waals surface area contributed by atoms with Crippen molar-refractivity contribution >= 4 is 23.2 Å². The molecule has 1 unspecified atom stereocenters. The highest BCUT2D eigenvalue weighted by molar-refractivity contribution is 6.03. The van der Waals surface area contributed by atoms with Crippen LogP contribution in [-0.2, 0) is 22.6 Å². The van der Waals surface area contributed by atoms with Crippen molar-refractivity contribution < 1.29 is 14.3 Å². The van der Waals surface area contributed by atoms with Crippen molar-refractivity contribution in [2.75, 3.05) is 48.8 Å². The number of carbonyl (C=O) groups excluding carboxylic acids is 1. The molecule has 0 aliphatic carbocycles. The summed E-state index contributed by atoms with van der Waals surface area (Å²) in [4.78, 5) is 25.5. The smallest absolute Gasteiger partial charge is 0.320 e. The molecule has 2 fully saturated rings. The molecule has 3 aliphatic rings. The molecule has 2 aromatic rings. The van der Waals surface area contributed by atoms with Gasteiger partial charge in [-0.3, -0.25) is 9.69 Å². The number of nitrogens with two attached hydrogens (primary N) is 1. The number of nitrogens with zero attached hydrogens (tertiary/aromatic N) is 4. The van der Waals surface area contributed by atoms with Gasteiger partial charge in [0, 0.05) is 26.1 Å². The van der Waals surface area contributed by atoms with Crippen LogP contribution in [-0.4, -0.2) is 59.7 Å². The molecule has 4 heterocycles. The Morgan fingerprint density at radius 1 is 1.19 bits per heavy atom. The number of carbonyl (C=O) groups is 1. The first-order valence-electron chi connectivity index (χ1n) is 10.9. The fourth-order valence-electron chi connectivity index (χ4n) is 4.25. The molecular weight excluding hydrogens is 396 g/mol. The van der Waals surface area contributed by atoms with Gasteiger partial charge in [0.15, 0.2) is 11.6 Å². The average molecular weight is 425 g/mol. The standard InChI is InChI=1S/C22H28N6O3/c23-20-19-21(26-22(25-20)31-14-17-6-9-30-17)28(13-18(29)24-19)12-16-5-3-4-15(10-16)11-27-7-1-2-8-27/h3-5,10,17H,1-2,6-9,11-14H2,(H,24,29)(H2,23,25,26). The van der Waals surface area contributed by atoms with Crippen LogP contribution >= 0.6 is 0 Å². The second kappa shape index (κ2) is 8.68. The number of benzene rings is 1. The Morgan fingerprint density at radius 2 is 1.97 bits per heavy atom. The Morgan fingerprint density at radius 3 is 2.71 bits per heavy atom. The second-order valence-electron chi connectivity index (χ2n) is 8.39. The molecule has 2 saturated heterocycles. The first kappa shape index (κ1) is 20.0. The van der Waals surface area contributed by atoms with Crippen LogP contribution in [0.4, 0.5) is 17.3 Å². The summed E-state index contributed by atoms with van der Waals surface area (Å²) in [6.45, 7) is 5.19. The van der Waals surface area contributed by atoms with Crippen LogP contribution in [0.5, 0.6) is 6.01 Å². The number of fused-ring (bicyclic) bond motifs is 1. The maximum Gasteiger partial charge on any atom is 0.320 e. The van der Waals surface area contributed by atoms with E-state index >= 15 is 0 Å². The van der Waals surface area contributed by atoms with E-state index in [1.807, 2.05) is 4.90 Å². The predicted molar refractivity (Wildman–Crippen MR) is 117 cm³/mol. The molecule has 9 heteroatoms. The molecule has 0 saturated carbocycles. The van der Waals surface area contributed by atoms with E-state index in [-0.39, 0.29) is 30.4 Å². The minimum Gasteiger partial charge on any atom is -0.461 e. The number of anilines is 3. The summed E-state index contributed by atoms with van der Waals surface area (Å²) in [6, 6.07) is 8.73. The van der Waals surface area contributed by atoms with Crippen molar-refractivity contribution in [1.29, 1.82) is 0 Å². The van der Waals surface area contributed by atoms with Crippen LogP contribution in [0.1, 0.15) is 30.4 Å². The van der Waals surface area contributed by atoms with E-state index in [9.17, 15) is 4.79 Å². The zero-order valence-corrected chi connectivity index (χ0v) is 17.5. The highest BCUT2D eigenvalue weighted by atomic mass is 16.6. The molecule has 1 aromatic carbocycles. The highest BCUT2D eigenvalue weighted by Gasteiger charge is 2.28. The van der Waals surface area contributed by atoms with Gasteiger partial charge in [-0.15, -0.1) is 0 Å². The van der Waals surface area contributed by atoms with Gasteiger partial charge < -0.3 is 25.4 Å². The lowest BCUT2D eigenvalue weighted by Gasteiger charge is -2.31. The highest BCUT2D eigenvalue weighted by Crippen LogP contribution is 2.34. The Hall–Kier alpha value is -2.91. The number of hydrogen-bond donors (Lipinski definition) is 2. The van der Waals surface area contributed by atoms with Crippen molar-refractivity contribution in [2.24, 2.45) is 0 Å². The van der Waals surface area contributed by atoms with Crippen LogP contribution in [0.3, 0.4) is 0 Å². The van der Waals surface area contributed by atoms with Gasteiger partial charge in [-0.2, -0.15) is 9.97 Å². The summed E-state index contributed by atoms with van der Waals surface area (Å²) in [5, 5.41) is 2.80. The number of aromatic nitrogens is 2. The molecule has 3 N–H and O–H groups in total. The largest absolute Gasteiger partial charge is 0.461 e. The molecule has 1 atom stereocenters. The summed E-state index contributed by atoms with van der Waals surface area (Å²) >= 11 is 0. The maximum atomic E-state index is 12.3. The molecule has 0 bridgehead atoms. The van der Waals surface area contributed by atoms with Crippen LogP contribution in [0.15, 0.2) is 24.3 Å². The summed E-state index contributed by atoms with van der Waals surface area (Å²) in [7, 11) is 0. The summed E-state index contributed by atoms with van der Waals surface area (Å²) in [5.74, 6) is 0.657. The molecule has 31 heavy (non-hydrogen) atoms. The number of hydrogen-bond acceptors (Lipinski definition) is 8. The van der Waals surface area contributed by atoms with Crippen LogP contribution < -0.4 is 20.7 Å². The zero-order chi connectivity index (χ0) is 21.2. The van der Waals surface area contributed by atoms with E-state index in [1.54, 1.807) is 0 Å². The third-order valence-corrected chi connectivity index (χ3v) is 5.96. The van der Waals surface area contributed by atoms with Crippen molar-refractivity contribution in [3.05, 3.63) is 35.4 Å². The Kier molecular flexibility index (Phi) is 5.61. The lowest BCUT2D eigenvalue weighted by atomic mass is 10.1. The van der Waals surface area contributed by atoms with Crippen molar-refractivity contribution in [1.82, 2.24) is 14.9 Å². The van der Waals surface area contributed by atoms with Gasteiger partial charge in [0.05, 0.1) is 12.6 Å². The van der Waals surface area contributed by atoms with Gasteiger partial charge in [0.1, 0.15) is 12.3 Å². The number of nitrogen functional groups attached to an aromatic ring is 1. The lowest BCUT2D eigenvalue weighted by molar-refractivity contribution is -0.115. The van der Waals surface area contributed by atoms with E-state index in [2.05, 4.69) is 44.5 Å². The molecule has 3 aliphatic heterocycles. The van der Waals surface area contributed by atoms with Crippen molar-refractivity contribution in [3.63, 3.8) is 0 Å². The first-order valence-corrected chi connectivity index (χ1v) is 10.9. The summed E-state index contributed by atoms with van der Waals surface area (Å²) < 4.78 is 11.1. The Bertz CT molecular complexity index is 958. The minimum atomic E-state index is -0.132. The van der Waals surface area contributed by atoms with Gasteiger partial charge in [0.25, 0.3) is 0 Å². The average Bonchev–Trinajstić information content (AvgIpc) is 3.21. The fourth-order valence-corrected chi connectivity index (χ4v) is 4.25. The second-order valence-corrected chi connectivity index (χ2v) is 8.39. The minimum absolute atomic E-state index is 0.0787. The van der Waals surface area contributed by atoms with Crippen LogP contribution in [0.25, 0.3) is 0 Å². The monoisotopic (exact) mass is 424 g/mol. The molecule has 164 valence electrons. The normalized spacial score (nSPS) is 20.8. The first-order chi connectivity index (χ1) is 15.1. The van der Waals surface area contributed by atoms with Gasteiger partial charge in [-0.1, -0.05) is 24.3 Å². The maximum absolute atomic E-state index is 12.3. The van der Waals surface area contributed by atoms with E-state index in [4.69, 9.17) is 15.2 Å². The van der Waals surface area contributed by atoms with Gasteiger partial charge in [-0.05, 0) is 37.1 Å². The quantitative estimate of drug-likeness (QED) is 0.693. The number of likely N-dealkylation sites (tertiary alicyclic amines) is 1. The van der Waals surface area contributed by atoms with Gasteiger partial charge in [-0.25, -0.2) is 0 Å². The molecule has 1 aromatic heterocycles. The molecule has 9 nitrogen and oxygen atoms in total. The molecule has 0 spiro atoms. The third-order valence-electron chi connectivity index (χ3n) is 5.96. The Balaban J connectivity index is 1.35. The van der Waals surface area contributed by atoms with E-state index < -0.39 is 0 Å². The van der Waals surface area contributed by atoms with Crippen LogP contribution in [0, 0.1) is 0 Å². The summed E-state index contributed by atoms with van der Waals surface area (Å²) in [6.07, 6.45) is 3.60. The fraction of sp³-hybridized carbons (Fsp3) is 0.500. The van der Waals surface area contributed by atoms with Gasteiger partial charge >= 0.3 is 6.01 Å². The van der Waals surface area contributed by atoms with Crippen LogP contribution in [0.2, 0.25) is 0 Å². The van der Waals surface area contributed by atoms with Crippen molar-refractivity contribution in [2.45, 2.75) is 38.5 Å². The number of nitrogens with one attached hydrogen (secondary N) is 1. The molecule has 5 rings (SSSR count). The SMILES string of the molecule is Nc1nc(OCC2CCO2)nc2c1NC(=O)CN2Cc1cccc(CN2CCCC2)c1.